The first-order valence-corrected chi connectivity index (χ1v) is 5.99. The Balaban J connectivity index is 1.89. The van der Waals surface area contributed by atoms with E-state index in [0.29, 0.717) is 0 Å². The van der Waals surface area contributed by atoms with E-state index in [1.807, 2.05) is 26.4 Å². The number of hydrogen-bond acceptors (Lipinski definition) is 4. The molecular formula is C12H19N5. The lowest BCUT2D eigenvalue weighted by Crippen LogP contribution is -2.43. The third-order valence-electron chi connectivity index (χ3n) is 3.55. The Labute approximate surface area is 102 Å². The molecule has 1 aromatic rings. The van der Waals surface area contributed by atoms with Crippen molar-refractivity contribution in [1.82, 2.24) is 19.8 Å². The lowest BCUT2D eigenvalue weighted by Gasteiger charge is -2.30. The van der Waals surface area contributed by atoms with Crippen LogP contribution in [0.5, 0.6) is 0 Å². The minimum Gasteiger partial charge on any atom is -0.333 e. The van der Waals surface area contributed by atoms with Gasteiger partial charge in [0, 0.05) is 32.0 Å². The molecule has 0 aliphatic carbocycles. The summed E-state index contributed by atoms with van der Waals surface area (Å²) in [6, 6.07) is 2.32. The number of nitriles is 1. The van der Waals surface area contributed by atoms with Crippen LogP contribution in [0.2, 0.25) is 0 Å². The maximum absolute atomic E-state index is 9.09. The Morgan fingerprint density at radius 1 is 1.59 bits per heavy atom. The molecule has 0 saturated heterocycles. The summed E-state index contributed by atoms with van der Waals surface area (Å²) < 4.78 is 2.19. The molecule has 1 atom stereocenters. The Morgan fingerprint density at radius 2 is 2.41 bits per heavy atom. The summed E-state index contributed by atoms with van der Waals surface area (Å²) in [6.07, 6.45) is 4.71. The quantitative estimate of drug-likeness (QED) is 0.827. The molecule has 2 heterocycles. The molecule has 92 valence electrons. The largest absolute Gasteiger partial charge is 0.333 e. The fraction of sp³-hybridized carbons (Fsp3) is 0.667. The van der Waals surface area contributed by atoms with Crippen LogP contribution < -0.4 is 5.32 Å². The van der Waals surface area contributed by atoms with Crippen molar-refractivity contribution in [2.45, 2.75) is 32.0 Å². The number of nitrogens with zero attached hydrogens (tertiary/aromatic N) is 4. The second-order valence-electron chi connectivity index (χ2n) is 4.76. The SMILES string of the molecule is CNC(C)(C#N)CCN1CCn2ccnc2C1. The highest BCUT2D eigenvalue weighted by Gasteiger charge is 2.23. The van der Waals surface area contributed by atoms with Crippen molar-refractivity contribution in [2.75, 3.05) is 20.1 Å². The first-order chi connectivity index (χ1) is 8.17. The second kappa shape index (κ2) is 4.86. The Kier molecular flexibility index (Phi) is 3.46. The van der Waals surface area contributed by atoms with Gasteiger partial charge < -0.3 is 9.88 Å². The third-order valence-corrected chi connectivity index (χ3v) is 3.55. The molecule has 0 saturated carbocycles. The van der Waals surface area contributed by atoms with Crippen LogP contribution in [-0.4, -0.2) is 40.1 Å². The summed E-state index contributed by atoms with van der Waals surface area (Å²) in [4.78, 5) is 6.69. The van der Waals surface area contributed by atoms with Crippen LogP contribution in [-0.2, 0) is 13.1 Å². The van der Waals surface area contributed by atoms with Gasteiger partial charge in [-0.25, -0.2) is 4.98 Å². The minimum absolute atomic E-state index is 0.424. The first-order valence-electron chi connectivity index (χ1n) is 5.99. The van der Waals surface area contributed by atoms with Gasteiger partial charge in [0.15, 0.2) is 0 Å². The van der Waals surface area contributed by atoms with E-state index in [1.54, 1.807) is 0 Å². The monoisotopic (exact) mass is 233 g/mol. The molecule has 1 aliphatic rings. The molecule has 1 aliphatic heterocycles. The van der Waals surface area contributed by atoms with Crippen LogP contribution in [0.25, 0.3) is 0 Å². The zero-order chi connectivity index (χ0) is 12.3. The number of fused-ring (bicyclic) bond motifs is 1. The summed E-state index contributed by atoms with van der Waals surface area (Å²) in [6.45, 7) is 5.79. The summed E-state index contributed by atoms with van der Waals surface area (Å²) in [5.74, 6) is 1.12. The van der Waals surface area contributed by atoms with Gasteiger partial charge in [-0.3, -0.25) is 4.90 Å². The van der Waals surface area contributed by atoms with Crippen LogP contribution >= 0.6 is 0 Å². The summed E-state index contributed by atoms with van der Waals surface area (Å²) in [7, 11) is 1.84. The van der Waals surface area contributed by atoms with Crippen molar-refractivity contribution >= 4 is 0 Å². The molecule has 0 fully saturated rings. The highest BCUT2D eigenvalue weighted by atomic mass is 15.2. The molecule has 5 nitrogen and oxygen atoms in total. The lowest BCUT2D eigenvalue weighted by atomic mass is 10.00. The van der Waals surface area contributed by atoms with Gasteiger partial charge in [0.2, 0.25) is 0 Å². The predicted molar refractivity (Wildman–Crippen MR) is 65.2 cm³/mol. The zero-order valence-corrected chi connectivity index (χ0v) is 10.5. The number of rotatable bonds is 4. The molecule has 0 bridgehead atoms. The van der Waals surface area contributed by atoms with Crippen molar-refractivity contribution < 1.29 is 0 Å². The van der Waals surface area contributed by atoms with E-state index in [1.165, 1.54) is 0 Å². The van der Waals surface area contributed by atoms with Gasteiger partial charge in [-0.05, 0) is 20.4 Å². The highest BCUT2D eigenvalue weighted by molar-refractivity contribution is 5.03. The minimum atomic E-state index is -0.424. The van der Waals surface area contributed by atoms with E-state index in [0.717, 1.165) is 38.4 Å². The Morgan fingerprint density at radius 3 is 3.12 bits per heavy atom. The van der Waals surface area contributed by atoms with Crippen molar-refractivity contribution in [1.29, 1.82) is 5.26 Å². The Hall–Kier alpha value is -1.38. The van der Waals surface area contributed by atoms with Gasteiger partial charge in [0.05, 0.1) is 12.6 Å². The average molecular weight is 233 g/mol. The molecule has 0 spiro atoms. The summed E-state index contributed by atoms with van der Waals surface area (Å²) in [5, 5.41) is 12.2. The molecule has 1 aromatic heterocycles. The molecule has 2 rings (SSSR count). The maximum atomic E-state index is 9.09. The molecule has 1 N–H and O–H groups in total. The highest BCUT2D eigenvalue weighted by Crippen LogP contribution is 2.14. The summed E-state index contributed by atoms with van der Waals surface area (Å²) >= 11 is 0. The summed E-state index contributed by atoms with van der Waals surface area (Å²) in [5.41, 5.74) is -0.424. The third kappa shape index (κ3) is 2.65. The van der Waals surface area contributed by atoms with Crippen LogP contribution in [0.15, 0.2) is 12.4 Å². The van der Waals surface area contributed by atoms with Crippen LogP contribution in [0.4, 0.5) is 0 Å². The molecule has 0 amide bonds. The fourth-order valence-electron chi connectivity index (χ4n) is 2.03. The standard InChI is InChI=1S/C12H19N5/c1-12(10-13,14-2)3-5-16-7-8-17-6-4-15-11(17)9-16/h4,6,14H,3,5,7-9H2,1-2H3. The predicted octanol–water partition coefficient (Wildman–Crippen LogP) is 0.590. The lowest BCUT2D eigenvalue weighted by molar-refractivity contribution is 0.200. The van der Waals surface area contributed by atoms with Crippen LogP contribution in [0.1, 0.15) is 19.2 Å². The van der Waals surface area contributed by atoms with E-state index in [-0.39, 0.29) is 0 Å². The van der Waals surface area contributed by atoms with Crippen molar-refractivity contribution in [3.8, 4) is 6.07 Å². The molecule has 17 heavy (non-hydrogen) atoms. The van der Waals surface area contributed by atoms with E-state index < -0.39 is 5.54 Å². The molecule has 0 aromatic carbocycles. The van der Waals surface area contributed by atoms with Crippen molar-refractivity contribution in [3.05, 3.63) is 18.2 Å². The number of nitrogens with one attached hydrogen (secondary N) is 1. The van der Waals surface area contributed by atoms with E-state index in [9.17, 15) is 0 Å². The fourth-order valence-corrected chi connectivity index (χ4v) is 2.03. The zero-order valence-electron chi connectivity index (χ0n) is 10.5. The molecule has 1 unspecified atom stereocenters. The van der Waals surface area contributed by atoms with Crippen molar-refractivity contribution in [2.24, 2.45) is 0 Å². The topological polar surface area (TPSA) is 56.9 Å². The van der Waals surface area contributed by atoms with Gasteiger partial charge in [0.25, 0.3) is 0 Å². The normalized spacial score (nSPS) is 19.4. The maximum Gasteiger partial charge on any atom is 0.122 e. The Bertz CT molecular complexity index is 419. The van der Waals surface area contributed by atoms with E-state index >= 15 is 0 Å². The van der Waals surface area contributed by atoms with Crippen molar-refractivity contribution in [3.63, 3.8) is 0 Å². The van der Waals surface area contributed by atoms with Crippen LogP contribution in [0, 0.1) is 11.3 Å². The van der Waals surface area contributed by atoms with Gasteiger partial charge in [-0.2, -0.15) is 5.26 Å². The van der Waals surface area contributed by atoms with E-state index in [2.05, 4.69) is 25.8 Å². The molecule has 0 radical (unpaired) electrons. The van der Waals surface area contributed by atoms with Gasteiger partial charge in [-0.1, -0.05) is 0 Å². The number of imidazole rings is 1. The van der Waals surface area contributed by atoms with Gasteiger partial charge in [-0.15, -0.1) is 0 Å². The second-order valence-corrected chi connectivity index (χ2v) is 4.76. The average Bonchev–Trinajstić information content (AvgIpc) is 2.83. The molecular weight excluding hydrogens is 214 g/mol. The van der Waals surface area contributed by atoms with E-state index in [4.69, 9.17) is 5.26 Å². The number of aromatic nitrogens is 2. The molecule has 5 heteroatoms. The first kappa shape index (κ1) is 12.1. The number of hydrogen-bond donors (Lipinski definition) is 1. The van der Waals surface area contributed by atoms with Crippen LogP contribution in [0.3, 0.4) is 0 Å². The smallest absolute Gasteiger partial charge is 0.122 e. The van der Waals surface area contributed by atoms with Gasteiger partial charge >= 0.3 is 0 Å². The van der Waals surface area contributed by atoms with Gasteiger partial charge in [0.1, 0.15) is 11.4 Å².